The van der Waals surface area contributed by atoms with Crippen molar-refractivity contribution < 1.29 is 27.5 Å². The molecule has 0 saturated heterocycles. The van der Waals surface area contributed by atoms with Gasteiger partial charge < -0.3 is 4.74 Å². The zero-order valence-corrected chi connectivity index (χ0v) is 12.0. The van der Waals surface area contributed by atoms with Crippen LogP contribution in [0.5, 0.6) is 0 Å². The van der Waals surface area contributed by atoms with Gasteiger partial charge in [0.05, 0.1) is 0 Å². The van der Waals surface area contributed by atoms with Crippen molar-refractivity contribution in [2.45, 2.75) is 5.61 Å². The first-order valence-electron chi connectivity index (χ1n) is 2.45. The molecule has 0 aliphatic carbocycles. The van der Waals surface area contributed by atoms with Crippen LogP contribution in [-0.4, -0.2) is 17.6 Å². The van der Waals surface area contributed by atoms with Crippen molar-refractivity contribution in [3.63, 3.8) is 0 Å². The first kappa shape index (κ1) is 14.1. The quantitative estimate of drug-likeness (QED) is 0.225. The second kappa shape index (κ2) is 4.76. The lowest BCUT2D eigenvalue weighted by Crippen LogP contribution is -2.32. The molecule has 0 bridgehead atoms. The third-order valence-electron chi connectivity index (χ3n) is 0.648. The number of carbonyl (C=O) groups excluding carboxylic acids is 2. The van der Waals surface area contributed by atoms with Crippen LogP contribution in [0.1, 0.15) is 0 Å². The maximum atomic E-state index is 11.6. The van der Waals surface area contributed by atoms with Gasteiger partial charge in [0.1, 0.15) is 0 Å². The topological polar surface area (TPSA) is 43.4 Å². The summed E-state index contributed by atoms with van der Waals surface area (Å²) in [6, 6.07) is 0. The summed E-state index contributed by atoms with van der Waals surface area (Å²) in [4.78, 5) is 20.9. The van der Waals surface area contributed by atoms with E-state index < -0.39 is 17.6 Å². The molecular weight excluding hydrogens is 534 g/mol. The highest BCUT2D eigenvalue weighted by Crippen LogP contribution is 2.37. The molecule has 0 aromatic heterocycles. The van der Waals surface area contributed by atoms with E-state index in [1.54, 1.807) is 67.8 Å². The van der Waals surface area contributed by atoms with Crippen LogP contribution in [0.2, 0.25) is 0 Å². The number of halogens is 6. The van der Waals surface area contributed by atoms with E-state index >= 15 is 0 Å². The SMILES string of the molecule is O=C(OC(=O)C(I)(I)I)C(F)(F)F. The average Bonchev–Trinajstić information content (AvgIpc) is 1.82. The van der Waals surface area contributed by atoms with E-state index in [0.717, 1.165) is 0 Å². The summed E-state index contributed by atoms with van der Waals surface area (Å²) in [6.45, 7) is 0. The van der Waals surface area contributed by atoms with E-state index in [2.05, 4.69) is 4.74 Å². The molecule has 3 nitrogen and oxygen atoms in total. The normalized spacial score (nSPS) is 12.5. The second-order valence-electron chi connectivity index (χ2n) is 1.67. The summed E-state index contributed by atoms with van der Waals surface area (Å²) in [5.74, 6) is -3.73. The number of hydrogen-bond acceptors (Lipinski definition) is 3. The Labute approximate surface area is 112 Å². The Morgan fingerprint density at radius 1 is 1.00 bits per heavy atom. The summed E-state index contributed by atoms with van der Waals surface area (Å²) in [7, 11) is 0. The van der Waals surface area contributed by atoms with Gasteiger partial charge >= 0.3 is 18.1 Å². The monoisotopic (exact) mass is 534 g/mol. The fraction of sp³-hybridized carbons (Fsp3) is 0.500. The lowest BCUT2D eigenvalue weighted by molar-refractivity contribution is -0.201. The highest BCUT2D eigenvalue weighted by atomic mass is 127. The van der Waals surface area contributed by atoms with E-state index in [1.165, 1.54) is 0 Å². The number of hydrogen-bond donors (Lipinski definition) is 0. The zero-order chi connectivity index (χ0) is 10.9. The minimum atomic E-state index is -5.13. The summed E-state index contributed by atoms with van der Waals surface area (Å²) in [6.07, 6.45) is -5.13. The molecule has 0 N–H and O–H groups in total. The third-order valence-corrected chi connectivity index (χ3v) is 1.97. The lowest BCUT2D eigenvalue weighted by atomic mass is 10.6. The Morgan fingerprint density at radius 3 is 1.62 bits per heavy atom. The number of ether oxygens (including phenoxy) is 1. The minimum absolute atomic E-state index is 1.21. The molecule has 0 rings (SSSR count). The fourth-order valence-electron chi connectivity index (χ4n) is 0.200. The Morgan fingerprint density at radius 2 is 1.38 bits per heavy atom. The average molecular weight is 534 g/mol. The molecule has 0 aliphatic heterocycles. The van der Waals surface area contributed by atoms with Crippen molar-refractivity contribution in [2.24, 2.45) is 0 Å². The van der Waals surface area contributed by atoms with Gasteiger partial charge in [0.15, 0.2) is 0 Å². The van der Waals surface area contributed by atoms with Crippen molar-refractivity contribution >= 4 is 79.7 Å². The molecule has 0 spiro atoms. The predicted molar refractivity (Wildman–Crippen MR) is 61.9 cm³/mol. The maximum absolute atomic E-state index is 11.6. The lowest BCUT2D eigenvalue weighted by Gasteiger charge is -2.11. The van der Waals surface area contributed by atoms with Crippen LogP contribution >= 0.6 is 67.8 Å². The predicted octanol–water partition coefficient (Wildman–Crippen LogP) is 2.58. The van der Waals surface area contributed by atoms with Crippen molar-refractivity contribution in [2.75, 3.05) is 0 Å². The van der Waals surface area contributed by atoms with E-state index in [9.17, 15) is 22.8 Å². The van der Waals surface area contributed by atoms with Crippen LogP contribution < -0.4 is 0 Å². The standard InChI is InChI=1S/C4F3I3O3/c5-3(6,7)1(11)13-2(12)4(8,9)10. The Bertz CT molecular complexity index is 207. The van der Waals surface area contributed by atoms with Gasteiger partial charge in [-0.3, -0.25) is 0 Å². The van der Waals surface area contributed by atoms with Crippen LogP contribution in [0.4, 0.5) is 13.2 Å². The summed E-state index contributed by atoms with van der Waals surface area (Å²) in [5.41, 5.74) is 0. The third kappa shape index (κ3) is 5.54. The zero-order valence-electron chi connectivity index (χ0n) is 5.49. The van der Waals surface area contributed by atoms with Gasteiger partial charge in [-0.1, -0.05) is 0 Å². The minimum Gasteiger partial charge on any atom is -0.384 e. The number of carbonyl (C=O) groups is 2. The van der Waals surface area contributed by atoms with Crippen molar-refractivity contribution in [1.29, 1.82) is 0 Å². The molecule has 13 heavy (non-hydrogen) atoms. The molecule has 0 fully saturated rings. The van der Waals surface area contributed by atoms with Gasteiger partial charge in [-0.25, -0.2) is 9.59 Å². The van der Waals surface area contributed by atoms with Gasteiger partial charge in [0.25, 0.3) is 0 Å². The Balaban J connectivity index is 4.34. The first-order chi connectivity index (χ1) is 5.55. The van der Waals surface area contributed by atoms with Crippen LogP contribution in [0.25, 0.3) is 0 Å². The first-order valence-corrected chi connectivity index (χ1v) is 5.69. The van der Waals surface area contributed by atoms with E-state index in [0.29, 0.717) is 0 Å². The maximum Gasteiger partial charge on any atom is 0.491 e. The molecule has 0 saturated carbocycles. The molecule has 0 heterocycles. The van der Waals surface area contributed by atoms with Gasteiger partial charge in [0, 0.05) is 0 Å². The van der Waals surface area contributed by atoms with Gasteiger partial charge in [0.2, 0.25) is -0.565 Å². The summed E-state index contributed by atoms with van der Waals surface area (Å²) < 4.78 is 37.0. The molecule has 0 aromatic carbocycles. The van der Waals surface area contributed by atoms with Crippen LogP contribution in [-0.2, 0) is 14.3 Å². The molecule has 9 heteroatoms. The molecule has 0 amide bonds. The van der Waals surface area contributed by atoms with Crippen LogP contribution in [0.3, 0.4) is 0 Å². The molecular formula is C4F3I3O3. The smallest absolute Gasteiger partial charge is 0.384 e. The Kier molecular flexibility index (Phi) is 5.17. The Hall–Kier alpha value is 1.12. The molecule has 0 unspecified atom stereocenters. The van der Waals surface area contributed by atoms with E-state index in [1.807, 2.05) is 0 Å². The molecule has 0 atom stereocenters. The van der Waals surface area contributed by atoms with Crippen LogP contribution in [0.15, 0.2) is 0 Å². The second-order valence-corrected chi connectivity index (χ2v) is 12.7. The van der Waals surface area contributed by atoms with Crippen LogP contribution in [0, 0.1) is 0 Å². The van der Waals surface area contributed by atoms with Gasteiger partial charge in [-0.15, -0.1) is 0 Å². The van der Waals surface area contributed by atoms with Gasteiger partial charge in [-0.2, -0.15) is 13.2 Å². The molecule has 76 valence electrons. The summed E-state index contributed by atoms with van der Waals surface area (Å²) >= 11 is 4.63. The molecule has 0 aliphatic rings. The van der Waals surface area contributed by atoms with E-state index in [-0.39, 0.29) is 0 Å². The molecule has 0 aromatic rings. The fourth-order valence-corrected chi connectivity index (χ4v) is 0.530. The molecule has 0 radical (unpaired) electrons. The van der Waals surface area contributed by atoms with Crippen molar-refractivity contribution in [1.82, 2.24) is 0 Å². The number of alkyl halides is 6. The number of esters is 2. The highest BCUT2D eigenvalue weighted by Gasteiger charge is 2.45. The van der Waals surface area contributed by atoms with Gasteiger partial charge in [-0.05, 0) is 67.8 Å². The van der Waals surface area contributed by atoms with Crippen molar-refractivity contribution in [3.8, 4) is 0 Å². The van der Waals surface area contributed by atoms with Crippen molar-refractivity contribution in [3.05, 3.63) is 0 Å². The largest absolute Gasteiger partial charge is 0.491 e. The summed E-state index contributed by atoms with van der Waals surface area (Å²) in [5, 5.41) is 0. The number of rotatable bonds is 1. The highest BCUT2D eigenvalue weighted by molar-refractivity contribution is 14.3. The van der Waals surface area contributed by atoms with E-state index in [4.69, 9.17) is 0 Å².